The van der Waals surface area contributed by atoms with Gasteiger partial charge in [0.05, 0.1) is 9.79 Å². The minimum atomic E-state index is -4.55. The van der Waals surface area contributed by atoms with Crippen LogP contribution >= 0.6 is 0 Å². The zero-order valence-corrected chi connectivity index (χ0v) is 33.8. The molecule has 9 nitrogen and oxygen atoms in total. The summed E-state index contributed by atoms with van der Waals surface area (Å²) in [4.78, 5) is 1.76. The average molecular weight is 749 g/mol. The monoisotopic (exact) mass is 748 g/mol. The van der Waals surface area contributed by atoms with Gasteiger partial charge in [0.15, 0.2) is 12.3 Å². The van der Waals surface area contributed by atoms with Gasteiger partial charge in [-0.25, -0.2) is 13.0 Å². The van der Waals surface area contributed by atoms with E-state index in [1.807, 2.05) is 26.0 Å². The second-order valence-electron chi connectivity index (χ2n) is 12.3. The van der Waals surface area contributed by atoms with E-state index in [-0.39, 0.29) is 39.3 Å². The van der Waals surface area contributed by atoms with Crippen LogP contribution in [0.5, 0.6) is 0 Å². The summed E-state index contributed by atoms with van der Waals surface area (Å²) >= 11 is 0. The summed E-state index contributed by atoms with van der Waals surface area (Å²) in [7, 11) is -8.84. The first-order valence-electron chi connectivity index (χ1n) is 16.8. The molecule has 0 unspecified atom stereocenters. The third kappa shape index (κ3) is 10.2. The molecule has 0 amide bonds. The van der Waals surface area contributed by atoms with Crippen molar-refractivity contribution >= 4 is 72.5 Å². The molecule has 0 atom stereocenters. The second-order valence-corrected chi connectivity index (χ2v) is 15.1. The maximum atomic E-state index is 11.7. The van der Waals surface area contributed by atoms with Crippen molar-refractivity contribution in [1.82, 2.24) is 0 Å². The summed E-state index contributed by atoms with van der Waals surface area (Å²) in [5.41, 5.74) is 9.80. The van der Waals surface area contributed by atoms with E-state index in [1.54, 1.807) is 12.1 Å². The van der Waals surface area contributed by atoms with Gasteiger partial charge < -0.3 is 14.8 Å². The first kappa shape index (κ1) is 41.0. The molecule has 0 fully saturated rings. The predicted octanol–water partition coefficient (Wildman–Crippen LogP) is 6.82. The normalized spacial score (nSPS) is 12.7. The molecule has 0 heterocycles. The number of rotatable bonds is 13. The van der Waals surface area contributed by atoms with Gasteiger partial charge >= 0.3 is 0 Å². The molecule has 4 aromatic rings. The molecule has 267 valence electrons. The molecule has 2 N–H and O–H groups in total. The molecule has 0 saturated carbocycles. The van der Waals surface area contributed by atoms with Crippen molar-refractivity contribution in [2.24, 2.45) is 0 Å². The van der Waals surface area contributed by atoms with Crippen LogP contribution in [0.1, 0.15) is 48.6 Å². The van der Waals surface area contributed by atoms with Gasteiger partial charge in [-0.3, -0.25) is 4.55 Å². The second kappa shape index (κ2) is 17.8. The van der Waals surface area contributed by atoms with E-state index in [4.69, 9.17) is 0 Å². The predicted molar refractivity (Wildman–Crippen MR) is 209 cm³/mol. The molecule has 0 aliphatic heterocycles. The number of hydrogen-bond donors (Lipinski definition) is 2. The fourth-order valence-electron chi connectivity index (χ4n) is 6.20. The molecule has 0 saturated heterocycles. The molecular weight excluding hydrogens is 706 g/mol. The third-order valence-electron chi connectivity index (χ3n) is 8.82. The van der Waals surface area contributed by atoms with Crippen molar-refractivity contribution in [2.45, 2.75) is 50.6 Å². The quantitative estimate of drug-likeness (QED) is 0.0866. The van der Waals surface area contributed by atoms with E-state index in [9.17, 15) is 25.9 Å². The maximum absolute atomic E-state index is 11.7. The Kier molecular flexibility index (Phi) is 14.0. The number of nitrogens with one attached hydrogen (secondary N) is 1. The number of anilines is 2. The van der Waals surface area contributed by atoms with E-state index in [0.717, 1.165) is 62.6 Å². The van der Waals surface area contributed by atoms with E-state index in [0.29, 0.717) is 26.2 Å². The van der Waals surface area contributed by atoms with Crippen LogP contribution in [0.4, 0.5) is 11.4 Å². The van der Waals surface area contributed by atoms with Crippen molar-refractivity contribution in [2.75, 3.05) is 29.9 Å². The Balaban J connectivity index is 0.00000605. The smallest absolute Gasteiger partial charge is 0.294 e. The molecule has 52 heavy (non-hydrogen) atoms. The fourth-order valence-corrected chi connectivity index (χ4v) is 7.29. The van der Waals surface area contributed by atoms with Gasteiger partial charge in [-0.1, -0.05) is 42.5 Å². The SMILES string of the molecule is CCNc1ccc(C(=C2C=CC(=[N+](CC)Cc3cccc(S(=O)(=O)O)c3)C=C2)c2ccc(N(CC)Cc3cccc(S(=O)(=O)[O-])c3)cc2)cc1C.[Na]. The number of aryl methyl sites for hydroxylation is 1. The van der Waals surface area contributed by atoms with Gasteiger partial charge in [-0.15, -0.1) is 0 Å². The zero-order valence-electron chi connectivity index (χ0n) is 30.2. The van der Waals surface area contributed by atoms with Crippen molar-refractivity contribution in [3.8, 4) is 0 Å². The molecule has 4 aromatic carbocycles. The van der Waals surface area contributed by atoms with Gasteiger partial charge in [0.1, 0.15) is 16.7 Å². The van der Waals surface area contributed by atoms with Gasteiger partial charge in [0.25, 0.3) is 10.1 Å². The number of nitrogens with zero attached hydrogens (tertiary/aromatic N) is 2. The molecule has 0 aromatic heterocycles. The van der Waals surface area contributed by atoms with Crippen molar-refractivity contribution in [3.05, 3.63) is 149 Å². The number of hydrogen-bond acceptors (Lipinski definition) is 7. The topological polar surface area (TPSA) is 130 Å². The molecule has 1 aliphatic rings. The van der Waals surface area contributed by atoms with Crippen LogP contribution < -0.4 is 10.2 Å². The van der Waals surface area contributed by atoms with E-state index >= 15 is 0 Å². The Bertz CT molecular complexity index is 2240. The third-order valence-corrected chi connectivity index (χ3v) is 10.5. The van der Waals surface area contributed by atoms with Gasteiger partial charge in [0, 0.05) is 78.3 Å². The molecule has 1 aliphatic carbocycles. The Labute approximate surface area is 329 Å². The largest absolute Gasteiger partial charge is 0.744 e. The Morgan fingerprint density at radius 1 is 0.788 bits per heavy atom. The van der Waals surface area contributed by atoms with Crippen molar-refractivity contribution in [3.63, 3.8) is 0 Å². The van der Waals surface area contributed by atoms with E-state index in [1.165, 1.54) is 24.3 Å². The van der Waals surface area contributed by atoms with Crippen LogP contribution in [0.3, 0.4) is 0 Å². The van der Waals surface area contributed by atoms with Crippen LogP contribution in [0.25, 0.3) is 5.57 Å². The van der Waals surface area contributed by atoms with Crippen molar-refractivity contribution < 1.29 is 30.5 Å². The van der Waals surface area contributed by atoms with Crippen LogP contribution in [0.2, 0.25) is 0 Å². The molecule has 5 rings (SSSR count). The van der Waals surface area contributed by atoms with Crippen LogP contribution in [-0.4, -0.2) is 85.4 Å². The van der Waals surface area contributed by atoms with Gasteiger partial charge in [-0.05, 0) is 122 Å². The molecular formula is C40H43N3NaO6S2. The Hall–Kier alpha value is -3.81. The van der Waals surface area contributed by atoms with E-state index in [2.05, 4.69) is 95.4 Å². The van der Waals surface area contributed by atoms with Crippen LogP contribution in [-0.2, 0) is 33.3 Å². The Morgan fingerprint density at radius 2 is 1.40 bits per heavy atom. The van der Waals surface area contributed by atoms with Gasteiger partial charge in [0.2, 0.25) is 0 Å². The zero-order chi connectivity index (χ0) is 36.8. The molecule has 1 radical (unpaired) electrons. The Morgan fingerprint density at radius 3 is 1.98 bits per heavy atom. The number of benzene rings is 4. The summed E-state index contributed by atoms with van der Waals surface area (Å²) < 4.78 is 69.9. The maximum Gasteiger partial charge on any atom is 0.294 e. The number of allylic oxidation sites excluding steroid dienone is 5. The molecule has 0 bridgehead atoms. The summed E-state index contributed by atoms with van der Waals surface area (Å²) in [6, 6.07) is 27.2. The first-order chi connectivity index (χ1) is 24.3. The van der Waals surface area contributed by atoms with Crippen molar-refractivity contribution in [1.29, 1.82) is 0 Å². The van der Waals surface area contributed by atoms with Gasteiger partial charge in [-0.2, -0.15) is 8.42 Å². The average Bonchev–Trinajstić information content (AvgIpc) is 3.11. The minimum absolute atomic E-state index is 0. The molecule has 12 heteroatoms. The first-order valence-corrected chi connectivity index (χ1v) is 19.7. The minimum Gasteiger partial charge on any atom is -0.744 e. The summed E-state index contributed by atoms with van der Waals surface area (Å²) in [5, 5.41) is 3.42. The van der Waals surface area contributed by atoms with Crippen LogP contribution in [0, 0.1) is 6.92 Å². The standard InChI is InChI=1S/C40H43N3O6S2.Na/c1-5-41-39-23-18-34(24-29(39)4)40(32-14-19-35(20-15-32)42(6-2)27-30-10-8-12-37(25-30)50(44,45)46)33-16-21-36(22-17-33)43(7-3)28-31-11-9-13-38(26-31)51(47,48)49;/h8-26H,5-7,27-28H2,1-4H3,(H2,44,45,46,47,48,49);. The molecule has 0 spiro atoms. The van der Waals surface area contributed by atoms with Crippen LogP contribution in [0.15, 0.2) is 131 Å². The summed E-state index contributed by atoms with van der Waals surface area (Å²) in [6.07, 6.45) is 8.32. The fraction of sp³-hybridized carbons (Fsp3) is 0.225. The summed E-state index contributed by atoms with van der Waals surface area (Å²) in [6.45, 7) is 11.3. The van der Waals surface area contributed by atoms with E-state index < -0.39 is 20.2 Å². The summed E-state index contributed by atoms with van der Waals surface area (Å²) in [5.74, 6) is 0.